The molecule has 1 aromatic carbocycles. The van der Waals surface area contributed by atoms with Gasteiger partial charge in [0.15, 0.2) is 0 Å². The van der Waals surface area contributed by atoms with Crippen LogP contribution < -0.4 is 10.1 Å². The van der Waals surface area contributed by atoms with Crippen molar-refractivity contribution in [1.29, 1.82) is 0 Å². The Labute approximate surface area is 147 Å². The fraction of sp³-hybridized carbons (Fsp3) is 0.450. The summed E-state index contributed by atoms with van der Waals surface area (Å²) in [5, 5.41) is 3.07. The Hall–Kier alpha value is -2.43. The molecule has 0 saturated heterocycles. The van der Waals surface area contributed by atoms with Gasteiger partial charge in [-0.15, -0.1) is 0 Å². The summed E-state index contributed by atoms with van der Waals surface area (Å²) >= 11 is 0. The Kier molecular flexibility index (Phi) is 4.38. The van der Waals surface area contributed by atoms with Crippen LogP contribution in [-0.4, -0.2) is 22.5 Å². The minimum absolute atomic E-state index is 0.0246. The highest BCUT2D eigenvalue weighted by Crippen LogP contribution is 2.30. The van der Waals surface area contributed by atoms with Crippen molar-refractivity contribution in [3.05, 3.63) is 42.2 Å². The molecule has 4 rings (SSSR count). The molecule has 1 N–H and O–H groups in total. The zero-order valence-electron chi connectivity index (χ0n) is 14.4. The first-order valence-electron chi connectivity index (χ1n) is 9.04. The number of hydrogen-bond acceptors (Lipinski definition) is 4. The number of aromatic nitrogens is 2. The maximum absolute atomic E-state index is 11.9. The van der Waals surface area contributed by atoms with E-state index in [1.165, 1.54) is 12.8 Å². The first kappa shape index (κ1) is 16.1. The maximum atomic E-state index is 11.9. The Balaban J connectivity index is 1.37. The lowest BCUT2D eigenvalue weighted by Gasteiger charge is -2.14. The van der Waals surface area contributed by atoms with Crippen LogP contribution in [0.15, 0.2) is 36.7 Å². The molecule has 0 radical (unpaired) electrons. The normalized spacial score (nSPS) is 17.8. The lowest BCUT2D eigenvalue weighted by molar-refractivity contribution is -0.122. The zero-order valence-corrected chi connectivity index (χ0v) is 14.4. The number of ether oxygens (including phenoxy) is 1. The number of benzene rings is 1. The van der Waals surface area contributed by atoms with Gasteiger partial charge in [0.25, 0.3) is 0 Å². The zero-order chi connectivity index (χ0) is 17.2. The fourth-order valence-electron chi connectivity index (χ4n) is 2.74. The van der Waals surface area contributed by atoms with Gasteiger partial charge in [0.05, 0.1) is 12.6 Å². The monoisotopic (exact) mass is 337 g/mol. The van der Waals surface area contributed by atoms with E-state index in [0.29, 0.717) is 11.9 Å². The number of nitrogens with zero attached hydrogens (tertiary/aromatic N) is 2. The van der Waals surface area contributed by atoms with Crippen molar-refractivity contribution in [3.63, 3.8) is 0 Å². The van der Waals surface area contributed by atoms with Crippen molar-refractivity contribution < 1.29 is 9.53 Å². The van der Waals surface area contributed by atoms with Gasteiger partial charge in [-0.3, -0.25) is 4.79 Å². The molecule has 130 valence electrons. The summed E-state index contributed by atoms with van der Waals surface area (Å²) in [5.41, 5.74) is 3.11. The number of rotatable bonds is 7. The van der Waals surface area contributed by atoms with Crippen LogP contribution in [0.1, 0.15) is 44.2 Å². The van der Waals surface area contributed by atoms with Crippen molar-refractivity contribution in [3.8, 4) is 17.1 Å². The van der Waals surface area contributed by atoms with E-state index in [1.807, 2.05) is 31.2 Å². The van der Waals surface area contributed by atoms with Crippen LogP contribution >= 0.6 is 0 Å². The molecule has 0 bridgehead atoms. The van der Waals surface area contributed by atoms with Crippen molar-refractivity contribution in [1.82, 2.24) is 15.3 Å². The van der Waals surface area contributed by atoms with Gasteiger partial charge in [-0.05, 0) is 49.7 Å². The molecule has 2 aromatic rings. The highest BCUT2D eigenvalue weighted by molar-refractivity contribution is 5.81. The number of nitrogens with one attached hydrogen (secondary N) is 1. The van der Waals surface area contributed by atoms with Gasteiger partial charge in [0.1, 0.15) is 0 Å². The molecule has 1 atom stereocenters. The van der Waals surface area contributed by atoms with Gasteiger partial charge in [-0.2, -0.15) is 0 Å². The highest BCUT2D eigenvalue weighted by Gasteiger charge is 2.30. The van der Waals surface area contributed by atoms with Crippen LogP contribution in [0, 0.1) is 11.8 Å². The van der Waals surface area contributed by atoms with Gasteiger partial charge in [0.2, 0.25) is 5.91 Å². The van der Waals surface area contributed by atoms with Gasteiger partial charge in [-0.25, -0.2) is 9.97 Å². The van der Waals surface area contributed by atoms with Gasteiger partial charge < -0.3 is 10.1 Å². The van der Waals surface area contributed by atoms with Crippen LogP contribution in [-0.2, 0) is 4.79 Å². The molecule has 2 saturated carbocycles. The van der Waals surface area contributed by atoms with Crippen molar-refractivity contribution in [2.45, 2.75) is 38.6 Å². The van der Waals surface area contributed by atoms with E-state index in [1.54, 1.807) is 12.4 Å². The Morgan fingerprint density at radius 2 is 1.80 bits per heavy atom. The summed E-state index contributed by atoms with van der Waals surface area (Å²) in [6.07, 6.45) is 8.15. The molecule has 5 heteroatoms. The molecule has 1 heterocycles. The van der Waals surface area contributed by atoms with E-state index in [-0.39, 0.29) is 17.9 Å². The topological polar surface area (TPSA) is 64.1 Å². The van der Waals surface area contributed by atoms with Gasteiger partial charge >= 0.3 is 6.01 Å². The summed E-state index contributed by atoms with van der Waals surface area (Å²) in [6.45, 7) is 2.74. The molecule has 1 amide bonds. The fourth-order valence-corrected chi connectivity index (χ4v) is 2.74. The first-order valence-corrected chi connectivity index (χ1v) is 9.04. The minimum Gasteiger partial charge on any atom is -0.463 e. The summed E-state index contributed by atoms with van der Waals surface area (Å²) in [7, 11) is 0. The molecule has 25 heavy (non-hydrogen) atoms. The molecule has 1 aromatic heterocycles. The molecule has 2 aliphatic carbocycles. The summed E-state index contributed by atoms with van der Waals surface area (Å²) in [4.78, 5) is 20.4. The molecule has 2 aliphatic rings. The SMILES string of the molecule is C[C@H](NC(=O)C1CC1)c1ccc(-c2cnc(OCC3CC3)nc2)cc1. The van der Waals surface area contributed by atoms with Crippen LogP contribution in [0.2, 0.25) is 0 Å². The second kappa shape index (κ2) is 6.82. The number of hydrogen-bond donors (Lipinski definition) is 1. The number of amides is 1. The quantitative estimate of drug-likeness (QED) is 0.839. The highest BCUT2D eigenvalue weighted by atomic mass is 16.5. The predicted octanol–water partition coefficient (Wildman–Crippen LogP) is 3.52. The van der Waals surface area contributed by atoms with Gasteiger partial charge in [-0.1, -0.05) is 24.3 Å². The molecule has 5 nitrogen and oxygen atoms in total. The Bertz CT molecular complexity index is 735. The third-order valence-electron chi connectivity index (χ3n) is 4.82. The lowest BCUT2D eigenvalue weighted by Crippen LogP contribution is -2.27. The average Bonchev–Trinajstić information content (AvgIpc) is 3.54. The molecule has 2 fully saturated rings. The number of carbonyl (C=O) groups excluding carboxylic acids is 1. The third kappa shape index (κ3) is 4.16. The first-order chi connectivity index (χ1) is 12.2. The van der Waals surface area contributed by atoms with Crippen LogP contribution in [0.5, 0.6) is 6.01 Å². The van der Waals surface area contributed by atoms with E-state index in [0.717, 1.165) is 36.1 Å². The molecule has 0 aliphatic heterocycles. The smallest absolute Gasteiger partial charge is 0.316 e. The van der Waals surface area contributed by atoms with E-state index in [2.05, 4.69) is 15.3 Å². The molecule has 0 unspecified atom stereocenters. The van der Waals surface area contributed by atoms with E-state index >= 15 is 0 Å². The summed E-state index contributed by atoms with van der Waals surface area (Å²) in [6, 6.07) is 8.65. The second-order valence-electron chi connectivity index (χ2n) is 7.14. The van der Waals surface area contributed by atoms with E-state index in [9.17, 15) is 4.79 Å². The summed E-state index contributed by atoms with van der Waals surface area (Å²) in [5.74, 6) is 1.10. The van der Waals surface area contributed by atoms with E-state index in [4.69, 9.17) is 4.74 Å². The standard InChI is InChI=1S/C20H23N3O2/c1-13(23-19(24)17-8-9-17)15-4-6-16(7-5-15)18-10-21-20(22-11-18)25-12-14-2-3-14/h4-7,10-11,13-14,17H,2-3,8-9,12H2,1H3,(H,23,24)/t13-/m0/s1. The average molecular weight is 337 g/mol. The van der Waals surface area contributed by atoms with Crippen molar-refractivity contribution in [2.24, 2.45) is 11.8 Å². The van der Waals surface area contributed by atoms with E-state index < -0.39 is 0 Å². The Morgan fingerprint density at radius 1 is 1.12 bits per heavy atom. The predicted molar refractivity (Wildman–Crippen MR) is 95.0 cm³/mol. The largest absolute Gasteiger partial charge is 0.463 e. The van der Waals surface area contributed by atoms with Crippen LogP contribution in [0.4, 0.5) is 0 Å². The van der Waals surface area contributed by atoms with Gasteiger partial charge in [0, 0.05) is 23.9 Å². The Morgan fingerprint density at radius 3 is 2.40 bits per heavy atom. The summed E-state index contributed by atoms with van der Waals surface area (Å²) < 4.78 is 5.57. The third-order valence-corrected chi connectivity index (χ3v) is 4.82. The maximum Gasteiger partial charge on any atom is 0.316 e. The minimum atomic E-state index is 0.0246. The molecular formula is C20H23N3O2. The molecular weight excluding hydrogens is 314 g/mol. The van der Waals surface area contributed by atoms with Crippen LogP contribution in [0.3, 0.4) is 0 Å². The number of carbonyl (C=O) groups is 1. The van der Waals surface area contributed by atoms with Crippen LogP contribution in [0.25, 0.3) is 11.1 Å². The second-order valence-corrected chi connectivity index (χ2v) is 7.14. The van der Waals surface area contributed by atoms with Crippen molar-refractivity contribution >= 4 is 5.91 Å². The van der Waals surface area contributed by atoms with Crippen molar-refractivity contribution in [2.75, 3.05) is 6.61 Å². The lowest BCUT2D eigenvalue weighted by atomic mass is 10.0. The molecule has 0 spiro atoms.